The summed E-state index contributed by atoms with van der Waals surface area (Å²) in [7, 11) is -3.52. The lowest BCUT2D eigenvalue weighted by Crippen LogP contribution is -2.50. The van der Waals surface area contributed by atoms with Gasteiger partial charge in [-0.2, -0.15) is 17.4 Å². The standard InChI is InChI=1S/C13H20N2O4S2/c16-11-8-10(9-11)13(12-2-1-7-20-12)14-21(17,18)15-3-5-19-6-4-15/h1-2,7,10-11,13-14,16H,3-6,8-9H2/t10?,11?,13-/m0/s1. The van der Waals surface area contributed by atoms with Crippen LogP contribution in [0.3, 0.4) is 0 Å². The van der Waals surface area contributed by atoms with Crippen molar-refractivity contribution in [3.8, 4) is 0 Å². The Balaban J connectivity index is 1.74. The number of nitrogens with zero attached hydrogens (tertiary/aromatic N) is 1. The van der Waals surface area contributed by atoms with Gasteiger partial charge >= 0.3 is 0 Å². The zero-order valence-corrected chi connectivity index (χ0v) is 13.3. The van der Waals surface area contributed by atoms with Gasteiger partial charge in [-0.25, -0.2) is 0 Å². The van der Waals surface area contributed by atoms with Gasteiger partial charge in [0.05, 0.1) is 25.4 Å². The molecular weight excluding hydrogens is 312 g/mol. The molecule has 2 N–H and O–H groups in total. The number of aliphatic hydroxyl groups excluding tert-OH is 1. The average molecular weight is 332 g/mol. The molecule has 1 atom stereocenters. The Morgan fingerprint density at radius 1 is 1.38 bits per heavy atom. The molecule has 1 aliphatic heterocycles. The van der Waals surface area contributed by atoms with Gasteiger partial charge in [0.1, 0.15) is 0 Å². The van der Waals surface area contributed by atoms with Crippen LogP contribution in [0.4, 0.5) is 0 Å². The molecule has 1 aromatic rings. The summed E-state index contributed by atoms with van der Waals surface area (Å²) in [5, 5.41) is 11.5. The highest BCUT2D eigenvalue weighted by Crippen LogP contribution is 2.40. The quantitative estimate of drug-likeness (QED) is 0.833. The van der Waals surface area contributed by atoms with E-state index in [1.54, 1.807) is 11.3 Å². The number of hydrogen-bond acceptors (Lipinski definition) is 5. The Bertz CT molecular complexity index is 549. The molecule has 3 rings (SSSR count). The molecule has 6 nitrogen and oxygen atoms in total. The Kier molecular flexibility index (Phi) is 4.63. The van der Waals surface area contributed by atoms with Gasteiger partial charge in [0.25, 0.3) is 10.2 Å². The van der Waals surface area contributed by atoms with E-state index in [0.717, 1.165) is 4.88 Å². The third kappa shape index (κ3) is 3.46. The molecule has 8 heteroatoms. The Hall–Kier alpha value is -0.510. The fourth-order valence-corrected chi connectivity index (χ4v) is 5.14. The number of morpholine rings is 1. The highest BCUT2D eigenvalue weighted by molar-refractivity contribution is 7.87. The summed E-state index contributed by atoms with van der Waals surface area (Å²) in [6, 6.07) is 3.62. The van der Waals surface area contributed by atoms with Crippen molar-refractivity contribution in [3.05, 3.63) is 22.4 Å². The number of thiophene rings is 1. The maximum Gasteiger partial charge on any atom is 0.280 e. The fourth-order valence-electron chi connectivity index (χ4n) is 2.78. The molecule has 0 aromatic carbocycles. The number of hydrogen-bond donors (Lipinski definition) is 2. The van der Waals surface area contributed by atoms with Gasteiger partial charge < -0.3 is 9.84 Å². The predicted octanol–water partition coefficient (Wildman–Crippen LogP) is 0.727. The summed E-state index contributed by atoms with van der Waals surface area (Å²) in [4.78, 5) is 1.00. The third-order valence-corrected chi connectivity index (χ3v) is 6.61. The van der Waals surface area contributed by atoms with E-state index in [-0.39, 0.29) is 18.1 Å². The number of aliphatic hydroxyl groups is 1. The van der Waals surface area contributed by atoms with Crippen LogP contribution in [0.2, 0.25) is 0 Å². The van der Waals surface area contributed by atoms with Crippen LogP contribution in [0.25, 0.3) is 0 Å². The molecule has 2 aliphatic rings. The van der Waals surface area contributed by atoms with Crippen LogP contribution in [-0.4, -0.2) is 50.2 Å². The van der Waals surface area contributed by atoms with Gasteiger partial charge in [0.2, 0.25) is 0 Å². The second-order valence-electron chi connectivity index (χ2n) is 5.51. The number of nitrogens with one attached hydrogen (secondary N) is 1. The van der Waals surface area contributed by atoms with Crippen molar-refractivity contribution in [1.29, 1.82) is 0 Å². The Morgan fingerprint density at radius 2 is 2.10 bits per heavy atom. The van der Waals surface area contributed by atoms with E-state index in [2.05, 4.69) is 4.72 Å². The van der Waals surface area contributed by atoms with E-state index in [1.807, 2.05) is 17.5 Å². The van der Waals surface area contributed by atoms with Crippen molar-refractivity contribution in [2.45, 2.75) is 25.0 Å². The maximum atomic E-state index is 12.5. The molecule has 0 bridgehead atoms. The molecule has 0 spiro atoms. The molecule has 1 aromatic heterocycles. The summed E-state index contributed by atoms with van der Waals surface area (Å²) >= 11 is 1.55. The van der Waals surface area contributed by atoms with Crippen LogP contribution in [0.1, 0.15) is 23.8 Å². The summed E-state index contributed by atoms with van der Waals surface area (Å²) in [6.45, 7) is 1.65. The monoisotopic (exact) mass is 332 g/mol. The van der Waals surface area contributed by atoms with Gasteiger partial charge in [0, 0.05) is 18.0 Å². The van der Waals surface area contributed by atoms with Gasteiger partial charge in [-0.15, -0.1) is 11.3 Å². The van der Waals surface area contributed by atoms with Crippen LogP contribution >= 0.6 is 11.3 Å². The third-order valence-electron chi connectivity index (χ3n) is 4.06. The Morgan fingerprint density at radius 3 is 2.67 bits per heavy atom. The van der Waals surface area contributed by atoms with Gasteiger partial charge in [-0.3, -0.25) is 0 Å². The van der Waals surface area contributed by atoms with Gasteiger partial charge in [-0.1, -0.05) is 6.07 Å². The minimum Gasteiger partial charge on any atom is -0.393 e. The van der Waals surface area contributed by atoms with E-state index in [9.17, 15) is 13.5 Å². The molecule has 2 fully saturated rings. The lowest BCUT2D eigenvalue weighted by molar-refractivity contribution is 0.0277. The zero-order chi connectivity index (χ0) is 14.9. The van der Waals surface area contributed by atoms with Crippen molar-refractivity contribution < 1.29 is 18.3 Å². The van der Waals surface area contributed by atoms with Crippen LogP contribution < -0.4 is 4.72 Å². The molecule has 118 valence electrons. The normalized spacial score (nSPS) is 29.0. The summed E-state index contributed by atoms with van der Waals surface area (Å²) in [5.74, 6) is 0.162. The SMILES string of the molecule is O=S(=O)(N[C@H](c1cccs1)C1CC(O)C1)N1CCOCC1. The second kappa shape index (κ2) is 6.31. The summed E-state index contributed by atoms with van der Waals surface area (Å²) in [6.07, 6.45) is 0.993. The van der Waals surface area contributed by atoms with E-state index < -0.39 is 10.2 Å². The van der Waals surface area contributed by atoms with Crippen LogP contribution in [0.5, 0.6) is 0 Å². The van der Waals surface area contributed by atoms with Gasteiger partial charge in [0.15, 0.2) is 0 Å². The van der Waals surface area contributed by atoms with E-state index >= 15 is 0 Å². The van der Waals surface area contributed by atoms with Crippen molar-refractivity contribution in [3.63, 3.8) is 0 Å². The highest BCUT2D eigenvalue weighted by atomic mass is 32.2. The minimum atomic E-state index is -3.52. The van der Waals surface area contributed by atoms with E-state index in [1.165, 1.54) is 4.31 Å². The van der Waals surface area contributed by atoms with Crippen molar-refractivity contribution >= 4 is 21.5 Å². The van der Waals surface area contributed by atoms with Crippen molar-refractivity contribution in [2.24, 2.45) is 5.92 Å². The highest BCUT2D eigenvalue weighted by Gasteiger charge is 2.38. The molecule has 1 saturated heterocycles. The molecule has 0 unspecified atom stereocenters. The first kappa shape index (κ1) is 15.4. The summed E-state index contributed by atoms with van der Waals surface area (Å²) in [5.41, 5.74) is 0. The van der Waals surface area contributed by atoms with Crippen molar-refractivity contribution in [1.82, 2.24) is 9.03 Å². The Labute approximate surface area is 128 Å². The number of rotatable bonds is 5. The number of ether oxygens (including phenoxy) is 1. The largest absolute Gasteiger partial charge is 0.393 e. The smallest absolute Gasteiger partial charge is 0.280 e. The molecule has 0 radical (unpaired) electrons. The zero-order valence-electron chi connectivity index (χ0n) is 11.6. The molecule has 0 amide bonds. The molecule has 21 heavy (non-hydrogen) atoms. The fraction of sp³-hybridized carbons (Fsp3) is 0.692. The average Bonchev–Trinajstić information content (AvgIpc) is 2.97. The minimum absolute atomic E-state index is 0.162. The van der Waals surface area contributed by atoms with Crippen molar-refractivity contribution in [2.75, 3.05) is 26.3 Å². The molecule has 1 saturated carbocycles. The van der Waals surface area contributed by atoms with Crippen LogP contribution in [-0.2, 0) is 14.9 Å². The lowest BCUT2D eigenvalue weighted by atomic mass is 9.77. The van der Waals surface area contributed by atoms with E-state index in [4.69, 9.17) is 4.74 Å². The molecule has 2 heterocycles. The van der Waals surface area contributed by atoms with E-state index in [0.29, 0.717) is 39.1 Å². The topological polar surface area (TPSA) is 78.9 Å². The lowest BCUT2D eigenvalue weighted by Gasteiger charge is -2.38. The summed E-state index contributed by atoms with van der Waals surface area (Å²) < 4.78 is 34.5. The van der Waals surface area contributed by atoms with Gasteiger partial charge in [-0.05, 0) is 30.2 Å². The predicted molar refractivity (Wildman–Crippen MR) is 80.2 cm³/mol. The first-order valence-corrected chi connectivity index (χ1v) is 9.45. The van der Waals surface area contributed by atoms with Crippen LogP contribution in [0, 0.1) is 5.92 Å². The first-order chi connectivity index (χ1) is 10.1. The van der Waals surface area contributed by atoms with Crippen LogP contribution in [0.15, 0.2) is 17.5 Å². The second-order valence-corrected chi connectivity index (χ2v) is 8.19. The molecule has 1 aliphatic carbocycles. The molecular formula is C13H20N2O4S2. The first-order valence-electron chi connectivity index (χ1n) is 7.13. The maximum absolute atomic E-state index is 12.5.